The molecule has 4 nitrogen and oxygen atoms in total. The van der Waals surface area contributed by atoms with Crippen molar-refractivity contribution in [2.45, 2.75) is 25.3 Å². The molecule has 94 valence electrons. The predicted molar refractivity (Wildman–Crippen MR) is 68.2 cm³/mol. The Labute approximate surface area is 103 Å². The van der Waals surface area contributed by atoms with Gasteiger partial charge < -0.3 is 14.8 Å². The van der Waals surface area contributed by atoms with E-state index in [1.807, 2.05) is 37.3 Å². The minimum atomic E-state index is 0.137. The van der Waals surface area contributed by atoms with Crippen LogP contribution in [0.25, 0.3) is 0 Å². The van der Waals surface area contributed by atoms with E-state index in [4.69, 9.17) is 0 Å². The molecule has 0 aliphatic heterocycles. The van der Waals surface area contributed by atoms with Crippen LogP contribution in [0.4, 0.5) is 0 Å². The Hall–Kier alpha value is -1.29. The van der Waals surface area contributed by atoms with Gasteiger partial charge in [0.05, 0.1) is 0 Å². The highest BCUT2D eigenvalue weighted by Gasteiger charge is 2.27. The second kappa shape index (κ2) is 5.36. The minimum Gasteiger partial charge on any atom is -0.340 e. The SMILES string of the molecule is CNCCCN(C)C(=O)c1cccn1C1CC1. The van der Waals surface area contributed by atoms with Gasteiger partial charge in [-0.15, -0.1) is 0 Å². The van der Waals surface area contributed by atoms with Gasteiger partial charge in [-0.1, -0.05) is 0 Å². The highest BCUT2D eigenvalue weighted by Crippen LogP contribution is 2.36. The number of hydrogen-bond acceptors (Lipinski definition) is 2. The molecule has 0 radical (unpaired) electrons. The van der Waals surface area contributed by atoms with Crippen molar-refractivity contribution in [3.8, 4) is 0 Å². The van der Waals surface area contributed by atoms with E-state index in [-0.39, 0.29) is 5.91 Å². The van der Waals surface area contributed by atoms with Crippen LogP contribution in [0.1, 0.15) is 35.8 Å². The van der Waals surface area contributed by atoms with E-state index < -0.39 is 0 Å². The summed E-state index contributed by atoms with van der Waals surface area (Å²) < 4.78 is 2.12. The molecule has 0 bridgehead atoms. The number of nitrogens with one attached hydrogen (secondary N) is 1. The Morgan fingerprint density at radius 1 is 1.59 bits per heavy atom. The Morgan fingerprint density at radius 3 is 3.00 bits per heavy atom. The second-order valence-corrected chi connectivity index (χ2v) is 4.72. The van der Waals surface area contributed by atoms with Crippen molar-refractivity contribution < 1.29 is 4.79 Å². The third-order valence-corrected chi connectivity index (χ3v) is 3.21. The zero-order chi connectivity index (χ0) is 12.3. The van der Waals surface area contributed by atoms with Gasteiger partial charge in [0.25, 0.3) is 5.91 Å². The number of aromatic nitrogens is 1. The molecular weight excluding hydrogens is 214 g/mol. The molecule has 1 aliphatic rings. The van der Waals surface area contributed by atoms with E-state index in [0.717, 1.165) is 25.2 Å². The van der Waals surface area contributed by atoms with Gasteiger partial charge in [-0.25, -0.2) is 0 Å². The number of carbonyl (C=O) groups excluding carboxylic acids is 1. The summed E-state index contributed by atoms with van der Waals surface area (Å²) in [7, 11) is 3.81. The summed E-state index contributed by atoms with van der Waals surface area (Å²) in [6, 6.07) is 4.46. The number of nitrogens with zero attached hydrogens (tertiary/aromatic N) is 2. The summed E-state index contributed by atoms with van der Waals surface area (Å²) in [5.41, 5.74) is 0.833. The first-order chi connectivity index (χ1) is 8.24. The highest BCUT2D eigenvalue weighted by atomic mass is 16.2. The maximum Gasteiger partial charge on any atom is 0.270 e. The largest absolute Gasteiger partial charge is 0.340 e. The van der Waals surface area contributed by atoms with Crippen LogP contribution in [0.2, 0.25) is 0 Å². The average molecular weight is 235 g/mol. The molecule has 0 aromatic carbocycles. The van der Waals surface area contributed by atoms with E-state index in [1.165, 1.54) is 12.8 Å². The summed E-state index contributed by atoms with van der Waals surface area (Å²) in [5.74, 6) is 0.137. The standard InChI is InChI=1S/C13H21N3O/c1-14-8-4-9-15(2)13(17)12-5-3-10-16(12)11-6-7-11/h3,5,10-11,14H,4,6-9H2,1-2H3. The van der Waals surface area contributed by atoms with Crippen molar-refractivity contribution >= 4 is 5.91 Å². The van der Waals surface area contributed by atoms with Gasteiger partial charge in [-0.3, -0.25) is 4.79 Å². The summed E-state index contributed by atoms with van der Waals surface area (Å²) in [6.07, 6.45) is 5.42. The van der Waals surface area contributed by atoms with Crippen molar-refractivity contribution in [2.24, 2.45) is 0 Å². The fourth-order valence-corrected chi connectivity index (χ4v) is 2.04. The second-order valence-electron chi connectivity index (χ2n) is 4.72. The number of hydrogen-bond donors (Lipinski definition) is 1. The van der Waals surface area contributed by atoms with Crippen molar-refractivity contribution in [1.82, 2.24) is 14.8 Å². The predicted octanol–water partition coefficient (Wildman–Crippen LogP) is 1.50. The van der Waals surface area contributed by atoms with E-state index >= 15 is 0 Å². The lowest BCUT2D eigenvalue weighted by Gasteiger charge is -2.18. The van der Waals surface area contributed by atoms with E-state index in [0.29, 0.717) is 6.04 Å². The van der Waals surface area contributed by atoms with Crippen LogP contribution in [0.15, 0.2) is 18.3 Å². The summed E-state index contributed by atoms with van der Waals surface area (Å²) in [4.78, 5) is 14.0. The lowest BCUT2D eigenvalue weighted by Crippen LogP contribution is -2.30. The third kappa shape index (κ3) is 2.88. The molecule has 2 rings (SSSR count). The molecule has 1 saturated carbocycles. The smallest absolute Gasteiger partial charge is 0.270 e. The van der Waals surface area contributed by atoms with Crippen LogP contribution in [0, 0.1) is 0 Å². The van der Waals surface area contributed by atoms with Gasteiger partial charge in [0.2, 0.25) is 0 Å². The molecule has 1 fully saturated rings. The first-order valence-corrected chi connectivity index (χ1v) is 6.31. The first kappa shape index (κ1) is 12.2. The van der Waals surface area contributed by atoms with Crippen LogP contribution < -0.4 is 5.32 Å². The maximum atomic E-state index is 12.2. The topological polar surface area (TPSA) is 37.3 Å². The summed E-state index contributed by atoms with van der Waals surface area (Å²) in [6.45, 7) is 1.75. The lowest BCUT2D eigenvalue weighted by molar-refractivity contribution is 0.0783. The van der Waals surface area contributed by atoms with Crippen LogP contribution >= 0.6 is 0 Å². The number of carbonyl (C=O) groups is 1. The van der Waals surface area contributed by atoms with E-state index in [2.05, 4.69) is 9.88 Å². The van der Waals surface area contributed by atoms with Crippen molar-refractivity contribution in [2.75, 3.05) is 27.2 Å². The Balaban J connectivity index is 1.95. The molecule has 0 spiro atoms. The first-order valence-electron chi connectivity index (χ1n) is 6.31. The van der Waals surface area contributed by atoms with E-state index in [9.17, 15) is 4.79 Å². The molecule has 4 heteroatoms. The molecule has 0 atom stereocenters. The number of rotatable bonds is 6. The molecule has 0 unspecified atom stereocenters. The molecule has 0 saturated heterocycles. The molecule has 1 aromatic rings. The van der Waals surface area contributed by atoms with Gasteiger partial charge >= 0.3 is 0 Å². The zero-order valence-corrected chi connectivity index (χ0v) is 10.6. The van der Waals surface area contributed by atoms with Gasteiger partial charge in [0.1, 0.15) is 5.69 Å². The lowest BCUT2D eigenvalue weighted by atomic mass is 10.3. The molecule has 1 heterocycles. The van der Waals surface area contributed by atoms with Crippen LogP contribution in [-0.2, 0) is 0 Å². The fraction of sp³-hybridized carbons (Fsp3) is 0.615. The molecule has 1 aromatic heterocycles. The van der Waals surface area contributed by atoms with Gasteiger partial charge in [0, 0.05) is 25.8 Å². The zero-order valence-electron chi connectivity index (χ0n) is 10.6. The molecule has 1 amide bonds. The van der Waals surface area contributed by atoms with Gasteiger partial charge in [0.15, 0.2) is 0 Å². The Bertz CT molecular complexity index is 382. The summed E-state index contributed by atoms with van der Waals surface area (Å²) >= 11 is 0. The fourth-order valence-electron chi connectivity index (χ4n) is 2.04. The summed E-state index contributed by atoms with van der Waals surface area (Å²) in [5, 5.41) is 3.09. The quantitative estimate of drug-likeness (QED) is 0.759. The maximum absolute atomic E-state index is 12.2. The van der Waals surface area contributed by atoms with Crippen LogP contribution in [0.3, 0.4) is 0 Å². The molecular formula is C13H21N3O. The molecule has 17 heavy (non-hydrogen) atoms. The normalized spacial score (nSPS) is 14.9. The average Bonchev–Trinajstić information content (AvgIpc) is 3.06. The third-order valence-electron chi connectivity index (χ3n) is 3.21. The molecule has 1 N–H and O–H groups in total. The number of amides is 1. The van der Waals surface area contributed by atoms with Crippen LogP contribution in [-0.4, -0.2) is 42.6 Å². The van der Waals surface area contributed by atoms with Crippen molar-refractivity contribution in [3.63, 3.8) is 0 Å². The highest BCUT2D eigenvalue weighted by molar-refractivity contribution is 5.92. The Morgan fingerprint density at radius 2 is 2.35 bits per heavy atom. The van der Waals surface area contributed by atoms with Crippen molar-refractivity contribution in [3.05, 3.63) is 24.0 Å². The molecule has 1 aliphatic carbocycles. The van der Waals surface area contributed by atoms with Crippen molar-refractivity contribution in [1.29, 1.82) is 0 Å². The van der Waals surface area contributed by atoms with Gasteiger partial charge in [-0.2, -0.15) is 0 Å². The monoisotopic (exact) mass is 235 g/mol. The van der Waals surface area contributed by atoms with Crippen LogP contribution in [0.5, 0.6) is 0 Å². The minimum absolute atomic E-state index is 0.137. The Kier molecular flexibility index (Phi) is 3.84. The van der Waals surface area contributed by atoms with E-state index in [1.54, 1.807) is 0 Å². The van der Waals surface area contributed by atoms with Gasteiger partial charge in [-0.05, 0) is 45.0 Å².